The fourth-order valence-corrected chi connectivity index (χ4v) is 2.56. The lowest BCUT2D eigenvalue weighted by atomic mass is 10.0. The largest absolute Gasteiger partial charge is 0.310 e. The molecule has 0 spiro atoms. The van der Waals surface area contributed by atoms with E-state index in [1.54, 1.807) is 17.7 Å². The van der Waals surface area contributed by atoms with Crippen LogP contribution in [0.3, 0.4) is 0 Å². The first kappa shape index (κ1) is 13.3. The number of hydrogen-bond donors (Lipinski definition) is 1. The minimum absolute atomic E-state index is 0.162. The van der Waals surface area contributed by atoms with Gasteiger partial charge in [-0.05, 0) is 56.3 Å². The lowest BCUT2D eigenvalue weighted by Crippen LogP contribution is -2.22. The zero-order valence-corrected chi connectivity index (χ0v) is 11.1. The van der Waals surface area contributed by atoms with E-state index in [4.69, 9.17) is 0 Å². The van der Waals surface area contributed by atoms with Crippen LogP contribution in [0.4, 0.5) is 4.39 Å². The number of rotatable bonds is 6. The Kier molecular flexibility index (Phi) is 4.94. The lowest BCUT2D eigenvalue weighted by molar-refractivity contribution is 0.519. The molecule has 1 atom stereocenters. The van der Waals surface area contributed by atoms with Gasteiger partial charge in [0.05, 0.1) is 0 Å². The van der Waals surface area contributed by atoms with Gasteiger partial charge >= 0.3 is 0 Å². The van der Waals surface area contributed by atoms with Crippen molar-refractivity contribution in [2.24, 2.45) is 0 Å². The van der Waals surface area contributed by atoms with Crippen LogP contribution in [0.1, 0.15) is 50.6 Å². The van der Waals surface area contributed by atoms with Gasteiger partial charge in [-0.15, -0.1) is 0 Å². The van der Waals surface area contributed by atoms with Gasteiger partial charge in [-0.2, -0.15) is 0 Å². The van der Waals surface area contributed by atoms with E-state index < -0.39 is 0 Å². The third-order valence-corrected chi connectivity index (χ3v) is 3.65. The van der Waals surface area contributed by atoms with Crippen molar-refractivity contribution < 1.29 is 4.39 Å². The van der Waals surface area contributed by atoms with E-state index in [1.165, 1.54) is 24.8 Å². The summed E-state index contributed by atoms with van der Waals surface area (Å²) in [5.41, 5.74) is 2.77. The van der Waals surface area contributed by atoms with Gasteiger partial charge in [0.2, 0.25) is 0 Å². The van der Waals surface area contributed by atoms with Crippen LogP contribution in [0.15, 0.2) is 35.9 Å². The molecule has 2 heteroatoms. The van der Waals surface area contributed by atoms with Crippen LogP contribution >= 0.6 is 0 Å². The third-order valence-electron chi connectivity index (χ3n) is 3.65. The zero-order chi connectivity index (χ0) is 12.8. The van der Waals surface area contributed by atoms with Gasteiger partial charge in [0.15, 0.2) is 0 Å². The Balaban J connectivity index is 1.83. The van der Waals surface area contributed by atoms with E-state index in [1.807, 2.05) is 12.1 Å². The second kappa shape index (κ2) is 6.69. The van der Waals surface area contributed by atoms with E-state index in [2.05, 4.69) is 18.3 Å². The van der Waals surface area contributed by atoms with Crippen molar-refractivity contribution in [2.75, 3.05) is 6.54 Å². The smallest absolute Gasteiger partial charge is 0.123 e. The molecule has 0 saturated carbocycles. The Morgan fingerprint density at radius 3 is 2.67 bits per heavy atom. The maximum atomic E-state index is 12.9. The molecule has 1 aliphatic carbocycles. The Labute approximate surface area is 109 Å². The van der Waals surface area contributed by atoms with E-state index in [9.17, 15) is 4.39 Å². The van der Waals surface area contributed by atoms with E-state index in [0.717, 1.165) is 19.4 Å². The summed E-state index contributed by atoms with van der Waals surface area (Å²) < 4.78 is 12.9. The van der Waals surface area contributed by atoms with Crippen molar-refractivity contribution in [1.29, 1.82) is 0 Å². The number of nitrogens with one attached hydrogen (secondary N) is 1. The monoisotopic (exact) mass is 247 g/mol. The highest BCUT2D eigenvalue weighted by atomic mass is 19.1. The molecular formula is C16H22FN. The molecule has 0 saturated heterocycles. The van der Waals surface area contributed by atoms with Gasteiger partial charge in [0, 0.05) is 6.04 Å². The van der Waals surface area contributed by atoms with Gasteiger partial charge in [-0.1, -0.05) is 30.7 Å². The molecule has 2 rings (SSSR count). The molecule has 0 fully saturated rings. The summed E-state index contributed by atoms with van der Waals surface area (Å²) >= 11 is 0. The maximum absolute atomic E-state index is 12.9. The first-order chi connectivity index (χ1) is 8.79. The second-order valence-corrected chi connectivity index (χ2v) is 4.97. The average molecular weight is 247 g/mol. The standard InChI is InChI=1S/C16H22FN/c1-2-16(14-7-9-15(17)10-8-14)18-12-11-13-5-3-4-6-13/h5,7-10,16,18H,2-4,6,11-12H2,1H3. The van der Waals surface area contributed by atoms with E-state index >= 15 is 0 Å². The van der Waals surface area contributed by atoms with Gasteiger partial charge < -0.3 is 5.32 Å². The summed E-state index contributed by atoms with van der Waals surface area (Å²) in [7, 11) is 0. The molecule has 1 aliphatic rings. The summed E-state index contributed by atoms with van der Waals surface area (Å²) in [5, 5.41) is 3.57. The second-order valence-electron chi connectivity index (χ2n) is 4.97. The molecule has 1 N–H and O–H groups in total. The zero-order valence-electron chi connectivity index (χ0n) is 11.1. The highest BCUT2D eigenvalue weighted by Crippen LogP contribution is 2.21. The number of benzene rings is 1. The summed E-state index contributed by atoms with van der Waals surface area (Å²) in [6.45, 7) is 3.18. The highest BCUT2D eigenvalue weighted by Gasteiger charge is 2.09. The van der Waals surface area contributed by atoms with Crippen molar-refractivity contribution in [3.05, 3.63) is 47.3 Å². The molecular weight excluding hydrogens is 225 g/mol. The quantitative estimate of drug-likeness (QED) is 0.736. The van der Waals surface area contributed by atoms with Crippen molar-refractivity contribution >= 4 is 0 Å². The Morgan fingerprint density at radius 2 is 2.06 bits per heavy atom. The first-order valence-corrected chi connectivity index (χ1v) is 6.96. The molecule has 0 amide bonds. The molecule has 0 aliphatic heterocycles. The molecule has 1 aromatic carbocycles. The predicted molar refractivity (Wildman–Crippen MR) is 74.0 cm³/mol. The summed E-state index contributed by atoms with van der Waals surface area (Å²) in [4.78, 5) is 0. The predicted octanol–water partition coefficient (Wildman–Crippen LogP) is 4.37. The van der Waals surface area contributed by atoms with Crippen LogP contribution in [0, 0.1) is 5.82 Å². The molecule has 0 radical (unpaired) electrons. The molecule has 0 bridgehead atoms. The molecule has 18 heavy (non-hydrogen) atoms. The van der Waals surface area contributed by atoms with Gasteiger partial charge in [-0.3, -0.25) is 0 Å². The first-order valence-electron chi connectivity index (χ1n) is 6.96. The molecule has 1 nitrogen and oxygen atoms in total. The Hall–Kier alpha value is -1.15. The summed E-state index contributed by atoms with van der Waals surface area (Å²) in [5.74, 6) is -0.162. The lowest BCUT2D eigenvalue weighted by Gasteiger charge is -2.17. The third kappa shape index (κ3) is 3.67. The highest BCUT2D eigenvalue weighted by molar-refractivity contribution is 5.20. The van der Waals surface area contributed by atoms with Crippen LogP contribution in [0.2, 0.25) is 0 Å². The normalized spacial score (nSPS) is 16.7. The molecule has 0 aromatic heterocycles. The minimum atomic E-state index is -0.162. The number of halogens is 1. The maximum Gasteiger partial charge on any atom is 0.123 e. The SMILES string of the molecule is CCC(NCCC1=CCCC1)c1ccc(F)cc1. The fraction of sp³-hybridized carbons (Fsp3) is 0.500. The Morgan fingerprint density at radius 1 is 1.28 bits per heavy atom. The van der Waals surface area contributed by atoms with Gasteiger partial charge in [-0.25, -0.2) is 4.39 Å². The van der Waals surface area contributed by atoms with Crippen molar-refractivity contribution in [3.8, 4) is 0 Å². The number of allylic oxidation sites excluding steroid dienone is 1. The molecule has 98 valence electrons. The summed E-state index contributed by atoms with van der Waals surface area (Å²) in [6.07, 6.45) is 8.41. The minimum Gasteiger partial charge on any atom is -0.310 e. The van der Waals surface area contributed by atoms with Crippen molar-refractivity contribution in [3.63, 3.8) is 0 Å². The van der Waals surface area contributed by atoms with Gasteiger partial charge in [0.1, 0.15) is 5.82 Å². The average Bonchev–Trinajstić information content (AvgIpc) is 2.89. The molecule has 1 unspecified atom stereocenters. The fourth-order valence-electron chi connectivity index (χ4n) is 2.56. The van der Waals surface area contributed by atoms with Crippen molar-refractivity contribution in [1.82, 2.24) is 5.32 Å². The van der Waals surface area contributed by atoms with E-state index in [-0.39, 0.29) is 5.82 Å². The number of hydrogen-bond acceptors (Lipinski definition) is 1. The van der Waals surface area contributed by atoms with Crippen molar-refractivity contribution in [2.45, 2.75) is 45.1 Å². The van der Waals surface area contributed by atoms with Crippen LogP contribution in [-0.2, 0) is 0 Å². The van der Waals surface area contributed by atoms with Crippen LogP contribution < -0.4 is 5.32 Å². The topological polar surface area (TPSA) is 12.0 Å². The molecule has 0 heterocycles. The van der Waals surface area contributed by atoms with Crippen LogP contribution in [0.25, 0.3) is 0 Å². The van der Waals surface area contributed by atoms with Crippen LogP contribution in [0.5, 0.6) is 0 Å². The molecule has 1 aromatic rings. The van der Waals surface area contributed by atoms with E-state index in [0.29, 0.717) is 6.04 Å². The Bertz CT molecular complexity index is 394. The summed E-state index contributed by atoms with van der Waals surface area (Å²) in [6, 6.07) is 7.18. The van der Waals surface area contributed by atoms with Crippen LogP contribution in [-0.4, -0.2) is 6.54 Å². The van der Waals surface area contributed by atoms with Gasteiger partial charge in [0.25, 0.3) is 0 Å².